The van der Waals surface area contributed by atoms with Crippen molar-refractivity contribution in [2.45, 2.75) is 38.6 Å². The zero-order valence-electron chi connectivity index (χ0n) is 9.50. The van der Waals surface area contributed by atoms with E-state index < -0.39 is 0 Å². The summed E-state index contributed by atoms with van der Waals surface area (Å²) in [5, 5.41) is 2.90. The van der Waals surface area contributed by atoms with Crippen LogP contribution in [0.15, 0.2) is 0 Å². The first-order valence-electron chi connectivity index (χ1n) is 5.78. The van der Waals surface area contributed by atoms with Crippen LogP contribution < -0.4 is 11.1 Å². The van der Waals surface area contributed by atoms with E-state index in [9.17, 15) is 4.79 Å². The normalized spacial score (nSPS) is 19.9. The van der Waals surface area contributed by atoms with Crippen LogP contribution >= 0.6 is 0 Å². The predicted octanol–water partition coefficient (Wildman–Crippen LogP) is 0.657. The van der Waals surface area contributed by atoms with E-state index in [4.69, 9.17) is 10.5 Å². The molecular weight excluding hydrogens is 192 g/mol. The molecule has 0 spiro atoms. The third-order valence-electron chi connectivity index (χ3n) is 2.74. The molecule has 88 valence electrons. The number of rotatable bonds is 5. The summed E-state index contributed by atoms with van der Waals surface area (Å²) in [6.07, 6.45) is 3.52. The lowest BCUT2D eigenvalue weighted by molar-refractivity contribution is -0.122. The van der Waals surface area contributed by atoms with Gasteiger partial charge in [0.2, 0.25) is 5.91 Å². The Kier molecular flexibility index (Phi) is 5.65. The Morgan fingerprint density at radius 3 is 2.80 bits per heavy atom. The van der Waals surface area contributed by atoms with Gasteiger partial charge in [-0.05, 0) is 32.1 Å². The van der Waals surface area contributed by atoms with Crippen LogP contribution in [-0.4, -0.2) is 31.7 Å². The molecule has 0 radical (unpaired) electrons. The van der Waals surface area contributed by atoms with Crippen molar-refractivity contribution in [2.75, 3.05) is 19.8 Å². The van der Waals surface area contributed by atoms with Gasteiger partial charge in [0, 0.05) is 32.2 Å². The van der Waals surface area contributed by atoms with Crippen LogP contribution in [0.2, 0.25) is 0 Å². The van der Waals surface area contributed by atoms with Crippen molar-refractivity contribution in [1.29, 1.82) is 0 Å². The maximum absolute atomic E-state index is 11.5. The summed E-state index contributed by atoms with van der Waals surface area (Å²) in [4.78, 5) is 11.5. The Morgan fingerprint density at radius 1 is 1.53 bits per heavy atom. The van der Waals surface area contributed by atoms with Gasteiger partial charge in [0.05, 0.1) is 0 Å². The summed E-state index contributed by atoms with van der Waals surface area (Å²) in [5.74, 6) is 0.664. The van der Waals surface area contributed by atoms with Gasteiger partial charge in [-0.15, -0.1) is 0 Å². The summed E-state index contributed by atoms with van der Waals surface area (Å²) in [6.45, 7) is 4.25. The standard InChI is InChI=1S/C11H22N2O2/c1-9(12)2-5-13-11(14)8-10-3-6-15-7-4-10/h9-10H,2-8,12H2,1H3,(H,13,14). The van der Waals surface area contributed by atoms with Crippen LogP contribution in [0, 0.1) is 5.92 Å². The number of carbonyl (C=O) groups is 1. The van der Waals surface area contributed by atoms with E-state index in [-0.39, 0.29) is 11.9 Å². The Morgan fingerprint density at radius 2 is 2.20 bits per heavy atom. The van der Waals surface area contributed by atoms with Crippen molar-refractivity contribution in [3.8, 4) is 0 Å². The van der Waals surface area contributed by atoms with E-state index in [1.165, 1.54) is 0 Å². The van der Waals surface area contributed by atoms with Crippen LogP contribution in [0.5, 0.6) is 0 Å². The van der Waals surface area contributed by atoms with Crippen LogP contribution in [0.25, 0.3) is 0 Å². The number of nitrogens with two attached hydrogens (primary N) is 1. The largest absolute Gasteiger partial charge is 0.381 e. The maximum Gasteiger partial charge on any atom is 0.220 e. The lowest BCUT2D eigenvalue weighted by Gasteiger charge is -2.21. The molecule has 0 aliphatic carbocycles. The average Bonchev–Trinajstić information content (AvgIpc) is 2.18. The molecule has 0 aromatic rings. The van der Waals surface area contributed by atoms with Crippen molar-refractivity contribution in [3.63, 3.8) is 0 Å². The lowest BCUT2D eigenvalue weighted by atomic mass is 9.96. The molecule has 1 saturated heterocycles. The second-order valence-electron chi connectivity index (χ2n) is 4.38. The van der Waals surface area contributed by atoms with Gasteiger partial charge in [-0.25, -0.2) is 0 Å². The molecule has 1 amide bonds. The van der Waals surface area contributed by atoms with Crippen LogP contribution in [-0.2, 0) is 9.53 Å². The van der Waals surface area contributed by atoms with Gasteiger partial charge in [-0.1, -0.05) is 0 Å². The van der Waals surface area contributed by atoms with E-state index in [0.29, 0.717) is 18.9 Å². The van der Waals surface area contributed by atoms with E-state index in [1.807, 2.05) is 6.92 Å². The zero-order chi connectivity index (χ0) is 11.1. The molecule has 1 aliphatic rings. The van der Waals surface area contributed by atoms with Gasteiger partial charge in [0.15, 0.2) is 0 Å². The van der Waals surface area contributed by atoms with Crippen molar-refractivity contribution in [2.24, 2.45) is 11.7 Å². The highest BCUT2D eigenvalue weighted by Crippen LogP contribution is 2.17. The zero-order valence-corrected chi connectivity index (χ0v) is 9.50. The fourth-order valence-electron chi connectivity index (χ4n) is 1.72. The summed E-state index contributed by atoms with van der Waals surface area (Å²) in [6, 6.07) is 0.161. The quantitative estimate of drug-likeness (QED) is 0.706. The predicted molar refractivity (Wildman–Crippen MR) is 59.4 cm³/mol. The first kappa shape index (κ1) is 12.5. The smallest absolute Gasteiger partial charge is 0.220 e. The Hall–Kier alpha value is -0.610. The van der Waals surface area contributed by atoms with Gasteiger partial charge in [0.25, 0.3) is 0 Å². The van der Waals surface area contributed by atoms with Crippen LogP contribution in [0.3, 0.4) is 0 Å². The molecular formula is C11H22N2O2. The van der Waals surface area contributed by atoms with E-state index in [1.54, 1.807) is 0 Å². The molecule has 4 heteroatoms. The first-order valence-corrected chi connectivity index (χ1v) is 5.78. The molecule has 1 aliphatic heterocycles. The number of nitrogens with one attached hydrogen (secondary N) is 1. The molecule has 0 saturated carbocycles. The van der Waals surface area contributed by atoms with Crippen molar-refractivity contribution in [1.82, 2.24) is 5.32 Å². The molecule has 15 heavy (non-hydrogen) atoms. The molecule has 0 bridgehead atoms. The van der Waals surface area contributed by atoms with E-state index in [2.05, 4.69) is 5.32 Å². The fraction of sp³-hybridized carbons (Fsp3) is 0.909. The highest BCUT2D eigenvalue weighted by atomic mass is 16.5. The van der Waals surface area contributed by atoms with E-state index in [0.717, 1.165) is 32.5 Å². The number of ether oxygens (including phenoxy) is 1. The van der Waals surface area contributed by atoms with Crippen molar-refractivity contribution in [3.05, 3.63) is 0 Å². The Balaban J connectivity index is 2.06. The van der Waals surface area contributed by atoms with Gasteiger partial charge >= 0.3 is 0 Å². The second kappa shape index (κ2) is 6.80. The summed E-state index contributed by atoms with van der Waals surface area (Å²) < 4.78 is 5.25. The minimum Gasteiger partial charge on any atom is -0.381 e. The fourth-order valence-corrected chi connectivity index (χ4v) is 1.72. The maximum atomic E-state index is 11.5. The highest BCUT2D eigenvalue weighted by Gasteiger charge is 2.16. The molecule has 4 nitrogen and oxygen atoms in total. The summed E-state index contributed by atoms with van der Waals surface area (Å²) in [7, 11) is 0. The molecule has 1 atom stereocenters. The van der Waals surface area contributed by atoms with Crippen LogP contribution in [0.4, 0.5) is 0 Å². The average molecular weight is 214 g/mol. The van der Waals surface area contributed by atoms with Gasteiger partial charge in [0.1, 0.15) is 0 Å². The second-order valence-corrected chi connectivity index (χ2v) is 4.38. The number of amides is 1. The number of carbonyl (C=O) groups excluding carboxylic acids is 1. The minimum absolute atomic E-state index is 0.155. The molecule has 1 heterocycles. The van der Waals surface area contributed by atoms with Gasteiger partial charge in [-0.2, -0.15) is 0 Å². The van der Waals surface area contributed by atoms with Crippen LogP contribution in [0.1, 0.15) is 32.6 Å². The Bertz CT molecular complexity index is 189. The highest BCUT2D eigenvalue weighted by molar-refractivity contribution is 5.76. The topological polar surface area (TPSA) is 64.3 Å². The molecule has 1 unspecified atom stereocenters. The minimum atomic E-state index is 0.155. The van der Waals surface area contributed by atoms with Crippen molar-refractivity contribution < 1.29 is 9.53 Å². The van der Waals surface area contributed by atoms with Gasteiger partial charge in [-0.3, -0.25) is 4.79 Å². The summed E-state index contributed by atoms with van der Waals surface area (Å²) in [5.41, 5.74) is 5.60. The molecule has 0 aromatic heterocycles. The SMILES string of the molecule is CC(N)CCNC(=O)CC1CCOCC1. The molecule has 1 fully saturated rings. The number of hydrogen-bond acceptors (Lipinski definition) is 3. The number of hydrogen-bond donors (Lipinski definition) is 2. The molecule has 1 rings (SSSR count). The Labute approximate surface area is 91.5 Å². The first-order chi connectivity index (χ1) is 7.18. The van der Waals surface area contributed by atoms with E-state index >= 15 is 0 Å². The molecule has 0 aromatic carbocycles. The monoisotopic (exact) mass is 214 g/mol. The third-order valence-corrected chi connectivity index (χ3v) is 2.74. The van der Waals surface area contributed by atoms with Crippen molar-refractivity contribution >= 4 is 5.91 Å². The molecule has 3 N–H and O–H groups in total. The third kappa shape index (κ3) is 5.74. The lowest BCUT2D eigenvalue weighted by Crippen LogP contribution is -2.31. The summed E-state index contributed by atoms with van der Waals surface area (Å²) >= 11 is 0. The van der Waals surface area contributed by atoms with Gasteiger partial charge < -0.3 is 15.8 Å².